The number of nitrogens with zero attached hydrogens (tertiary/aromatic N) is 3. The minimum absolute atomic E-state index is 0.0351. The molecule has 0 bridgehead atoms. The van der Waals surface area contributed by atoms with Crippen molar-refractivity contribution in [2.24, 2.45) is 7.05 Å². The Labute approximate surface area is 143 Å². The second-order valence-corrected chi connectivity index (χ2v) is 6.21. The van der Waals surface area contributed by atoms with Crippen LogP contribution in [0, 0.1) is 13.8 Å². The van der Waals surface area contributed by atoms with E-state index in [1.165, 1.54) is 5.56 Å². The molecule has 6 heteroatoms. The number of amides is 1. The molecule has 0 radical (unpaired) electrons. The van der Waals surface area contributed by atoms with Gasteiger partial charge in [-0.3, -0.25) is 9.48 Å². The Morgan fingerprint density at radius 2 is 2.00 bits per heavy atom. The number of nitrogens with one attached hydrogen (secondary N) is 2. The van der Waals surface area contributed by atoms with Crippen molar-refractivity contribution in [3.63, 3.8) is 0 Å². The number of carbonyl (C=O) groups is 1. The minimum atomic E-state index is -0.0351. The summed E-state index contributed by atoms with van der Waals surface area (Å²) in [6.45, 7) is 6.02. The van der Waals surface area contributed by atoms with E-state index in [4.69, 9.17) is 0 Å². The molecule has 0 saturated carbocycles. The van der Waals surface area contributed by atoms with Crippen molar-refractivity contribution in [2.45, 2.75) is 20.4 Å². The van der Waals surface area contributed by atoms with Crippen molar-refractivity contribution in [2.75, 3.05) is 32.1 Å². The normalized spacial score (nSPS) is 10.7. The monoisotopic (exact) mass is 329 g/mol. The van der Waals surface area contributed by atoms with Gasteiger partial charge in [0.25, 0.3) is 5.91 Å². The molecule has 2 rings (SSSR count). The summed E-state index contributed by atoms with van der Waals surface area (Å²) >= 11 is 0. The van der Waals surface area contributed by atoms with Gasteiger partial charge in [0.2, 0.25) is 0 Å². The molecule has 1 aromatic carbocycles. The van der Waals surface area contributed by atoms with E-state index in [2.05, 4.69) is 20.6 Å². The number of anilines is 1. The van der Waals surface area contributed by atoms with Crippen molar-refractivity contribution in [3.8, 4) is 0 Å². The first-order valence-corrected chi connectivity index (χ1v) is 8.15. The summed E-state index contributed by atoms with van der Waals surface area (Å²) in [5, 5.41) is 10.8. The quantitative estimate of drug-likeness (QED) is 0.758. The fraction of sp³-hybridized carbons (Fsp3) is 0.444. The minimum Gasteiger partial charge on any atom is -0.363 e. The van der Waals surface area contributed by atoms with Crippen LogP contribution < -0.4 is 15.5 Å². The highest BCUT2D eigenvalue weighted by molar-refractivity contribution is 5.94. The molecule has 24 heavy (non-hydrogen) atoms. The lowest BCUT2D eigenvalue weighted by molar-refractivity contribution is 0.0954. The molecule has 0 saturated heterocycles. The highest BCUT2D eigenvalue weighted by Gasteiger charge is 2.14. The summed E-state index contributed by atoms with van der Waals surface area (Å²) in [4.78, 5) is 14.1. The molecule has 0 spiro atoms. The molecule has 0 aliphatic heterocycles. The smallest absolute Gasteiger partial charge is 0.251 e. The standard InChI is InChI=1S/C18H27N5O/c1-13-7-6-8-15(11-13)17(24)20-10-9-19-12-16-14(2)21-23(5)18(16)22(3)4/h6-8,11,19H,9-10,12H2,1-5H3,(H,20,24). The number of benzene rings is 1. The van der Waals surface area contributed by atoms with E-state index >= 15 is 0 Å². The zero-order chi connectivity index (χ0) is 17.7. The molecular formula is C18H27N5O. The lowest BCUT2D eigenvalue weighted by Crippen LogP contribution is -2.32. The summed E-state index contributed by atoms with van der Waals surface area (Å²) in [7, 11) is 5.98. The summed E-state index contributed by atoms with van der Waals surface area (Å²) in [5.74, 6) is 1.07. The van der Waals surface area contributed by atoms with Crippen LogP contribution in [0.3, 0.4) is 0 Å². The van der Waals surface area contributed by atoms with Gasteiger partial charge in [-0.1, -0.05) is 17.7 Å². The van der Waals surface area contributed by atoms with Crippen LogP contribution in [-0.4, -0.2) is 42.9 Å². The van der Waals surface area contributed by atoms with Crippen molar-refractivity contribution in [1.29, 1.82) is 0 Å². The van der Waals surface area contributed by atoms with E-state index in [-0.39, 0.29) is 5.91 Å². The number of hydrogen-bond acceptors (Lipinski definition) is 4. The Balaban J connectivity index is 1.81. The number of carbonyl (C=O) groups excluding carboxylic acids is 1. The fourth-order valence-electron chi connectivity index (χ4n) is 2.82. The zero-order valence-electron chi connectivity index (χ0n) is 15.2. The van der Waals surface area contributed by atoms with Crippen LogP contribution in [0.15, 0.2) is 24.3 Å². The van der Waals surface area contributed by atoms with Crippen LogP contribution in [0.4, 0.5) is 5.82 Å². The van der Waals surface area contributed by atoms with Crippen LogP contribution in [0.25, 0.3) is 0 Å². The van der Waals surface area contributed by atoms with Crippen LogP contribution in [0.2, 0.25) is 0 Å². The van der Waals surface area contributed by atoms with Crippen LogP contribution in [0.1, 0.15) is 27.2 Å². The summed E-state index contributed by atoms with van der Waals surface area (Å²) in [6.07, 6.45) is 0. The number of aromatic nitrogens is 2. The molecule has 1 amide bonds. The molecule has 2 N–H and O–H groups in total. The van der Waals surface area contributed by atoms with Crippen molar-refractivity contribution >= 4 is 11.7 Å². The molecule has 0 fully saturated rings. The SMILES string of the molecule is Cc1cccc(C(=O)NCCNCc2c(C)nn(C)c2N(C)C)c1. The Morgan fingerprint density at radius 1 is 1.25 bits per heavy atom. The third kappa shape index (κ3) is 4.35. The molecule has 0 aliphatic rings. The topological polar surface area (TPSA) is 62.2 Å². The van der Waals surface area contributed by atoms with E-state index in [1.54, 1.807) is 0 Å². The summed E-state index contributed by atoms with van der Waals surface area (Å²) in [5.41, 5.74) is 4.00. The van der Waals surface area contributed by atoms with Gasteiger partial charge in [-0.15, -0.1) is 0 Å². The van der Waals surface area contributed by atoms with Gasteiger partial charge in [-0.05, 0) is 26.0 Å². The van der Waals surface area contributed by atoms with Gasteiger partial charge in [0.1, 0.15) is 5.82 Å². The van der Waals surface area contributed by atoms with Gasteiger partial charge in [-0.25, -0.2) is 0 Å². The van der Waals surface area contributed by atoms with E-state index in [1.807, 2.05) is 63.9 Å². The number of hydrogen-bond donors (Lipinski definition) is 2. The molecule has 0 atom stereocenters. The Hall–Kier alpha value is -2.34. The zero-order valence-corrected chi connectivity index (χ0v) is 15.2. The Bertz CT molecular complexity index is 705. The lowest BCUT2D eigenvalue weighted by Gasteiger charge is -2.15. The predicted octanol–water partition coefficient (Wildman–Crippen LogP) is 1.62. The molecule has 0 unspecified atom stereocenters. The molecular weight excluding hydrogens is 302 g/mol. The van der Waals surface area contributed by atoms with E-state index in [0.717, 1.165) is 23.6 Å². The Morgan fingerprint density at radius 3 is 2.67 bits per heavy atom. The average molecular weight is 329 g/mol. The maximum atomic E-state index is 12.1. The second-order valence-electron chi connectivity index (χ2n) is 6.21. The molecule has 130 valence electrons. The van der Waals surface area contributed by atoms with Crippen molar-refractivity contribution in [1.82, 2.24) is 20.4 Å². The third-order valence-electron chi connectivity index (χ3n) is 3.91. The van der Waals surface area contributed by atoms with Gasteiger partial charge < -0.3 is 15.5 Å². The Kier molecular flexibility index (Phi) is 5.98. The number of aryl methyl sites for hydroxylation is 3. The van der Waals surface area contributed by atoms with E-state index in [0.29, 0.717) is 18.7 Å². The van der Waals surface area contributed by atoms with Crippen LogP contribution in [-0.2, 0) is 13.6 Å². The molecule has 1 heterocycles. The van der Waals surface area contributed by atoms with Crippen LogP contribution in [0.5, 0.6) is 0 Å². The van der Waals surface area contributed by atoms with Gasteiger partial charge in [0.15, 0.2) is 0 Å². The van der Waals surface area contributed by atoms with Gasteiger partial charge in [-0.2, -0.15) is 5.10 Å². The summed E-state index contributed by atoms with van der Waals surface area (Å²) in [6, 6.07) is 7.61. The van der Waals surface area contributed by atoms with Crippen molar-refractivity contribution < 1.29 is 4.79 Å². The molecule has 6 nitrogen and oxygen atoms in total. The van der Waals surface area contributed by atoms with E-state index in [9.17, 15) is 4.79 Å². The lowest BCUT2D eigenvalue weighted by atomic mass is 10.1. The first-order chi connectivity index (χ1) is 11.4. The molecule has 1 aromatic heterocycles. The summed E-state index contributed by atoms with van der Waals surface area (Å²) < 4.78 is 1.89. The second kappa shape index (κ2) is 7.97. The average Bonchev–Trinajstić information content (AvgIpc) is 2.80. The maximum absolute atomic E-state index is 12.1. The van der Waals surface area contributed by atoms with Crippen molar-refractivity contribution in [3.05, 3.63) is 46.6 Å². The van der Waals surface area contributed by atoms with Gasteiger partial charge >= 0.3 is 0 Å². The largest absolute Gasteiger partial charge is 0.363 e. The highest BCUT2D eigenvalue weighted by atomic mass is 16.1. The van der Waals surface area contributed by atoms with Crippen LogP contribution >= 0.6 is 0 Å². The van der Waals surface area contributed by atoms with E-state index < -0.39 is 0 Å². The highest BCUT2D eigenvalue weighted by Crippen LogP contribution is 2.20. The van der Waals surface area contributed by atoms with Gasteiger partial charge in [0.05, 0.1) is 5.69 Å². The first kappa shape index (κ1) is 18.0. The predicted molar refractivity (Wildman–Crippen MR) is 97.5 cm³/mol. The maximum Gasteiger partial charge on any atom is 0.251 e. The molecule has 2 aromatic rings. The first-order valence-electron chi connectivity index (χ1n) is 8.15. The van der Waals surface area contributed by atoms with Gasteiger partial charge in [0, 0.05) is 51.9 Å². The fourth-order valence-corrected chi connectivity index (χ4v) is 2.82. The number of rotatable bonds is 7. The third-order valence-corrected chi connectivity index (χ3v) is 3.91. The molecule has 0 aliphatic carbocycles.